The summed E-state index contributed by atoms with van der Waals surface area (Å²) in [5, 5.41) is 4.58. The zero-order chi connectivity index (χ0) is 15.4. The quantitative estimate of drug-likeness (QED) is 0.699. The van der Waals surface area contributed by atoms with Gasteiger partial charge in [0, 0.05) is 5.02 Å². The molecule has 2 aromatic rings. The SMILES string of the molecule is O=C(N/N=C/c1ccc(Cl)cc1)c1cccc2c1OCCO2. The van der Waals surface area contributed by atoms with Crippen LogP contribution in [0.2, 0.25) is 5.02 Å². The summed E-state index contributed by atoms with van der Waals surface area (Å²) in [7, 11) is 0. The second-order valence-electron chi connectivity index (χ2n) is 4.58. The van der Waals surface area contributed by atoms with Gasteiger partial charge in [-0.1, -0.05) is 29.8 Å². The number of halogens is 1. The van der Waals surface area contributed by atoms with Crippen molar-refractivity contribution in [3.8, 4) is 11.5 Å². The van der Waals surface area contributed by atoms with Crippen molar-refractivity contribution < 1.29 is 14.3 Å². The molecule has 0 unspecified atom stereocenters. The Morgan fingerprint density at radius 2 is 1.91 bits per heavy atom. The summed E-state index contributed by atoms with van der Waals surface area (Å²) in [4.78, 5) is 12.2. The van der Waals surface area contributed by atoms with E-state index in [-0.39, 0.29) is 5.91 Å². The van der Waals surface area contributed by atoms with Gasteiger partial charge in [-0.15, -0.1) is 0 Å². The Kier molecular flexibility index (Phi) is 4.25. The maximum absolute atomic E-state index is 12.2. The van der Waals surface area contributed by atoms with Crippen LogP contribution in [0.1, 0.15) is 15.9 Å². The van der Waals surface area contributed by atoms with Crippen LogP contribution in [-0.2, 0) is 0 Å². The minimum Gasteiger partial charge on any atom is -0.486 e. The maximum Gasteiger partial charge on any atom is 0.275 e. The van der Waals surface area contributed by atoms with E-state index >= 15 is 0 Å². The van der Waals surface area contributed by atoms with Crippen LogP contribution in [0.4, 0.5) is 0 Å². The molecule has 6 heteroatoms. The van der Waals surface area contributed by atoms with Crippen molar-refractivity contribution in [1.29, 1.82) is 0 Å². The van der Waals surface area contributed by atoms with Crippen LogP contribution < -0.4 is 14.9 Å². The Labute approximate surface area is 132 Å². The number of hydrazone groups is 1. The molecule has 5 nitrogen and oxygen atoms in total. The third kappa shape index (κ3) is 3.20. The number of rotatable bonds is 3. The van der Waals surface area contributed by atoms with E-state index in [4.69, 9.17) is 21.1 Å². The molecule has 0 spiro atoms. The fourth-order valence-electron chi connectivity index (χ4n) is 2.03. The van der Waals surface area contributed by atoms with Crippen LogP contribution in [0.5, 0.6) is 11.5 Å². The molecule has 0 fully saturated rings. The molecule has 1 aliphatic rings. The molecule has 2 aromatic carbocycles. The van der Waals surface area contributed by atoms with E-state index < -0.39 is 0 Å². The van der Waals surface area contributed by atoms with Crippen molar-refractivity contribution in [1.82, 2.24) is 5.43 Å². The number of nitrogens with zero attached hydrogens (tertiary/aromatic N) is 1. The van der Waals surface area contributed by atoms with Gasteiger partial charge in [-0.2, -0.15) is 5.10 Å². The van der Waals surface area contributed by atoms with Crippen molar-refractivity contribution in [3.05, 3.63) is 58.6 Å². The molecule has 1 aliphatic heterocycles. The molecule has 1 N–H and O–H groups in total. The van der Waals surface area contributed by atoms with Crippen molar-refractivity contribution in [3.63, 3.8) is 0 Å². The van der Waals surface area contributed by atoms with Gasteiger partial charge < -0.3 is 9.47 Å². The van der Waals surface area contributed by atoms with Crippen molar-refractivity contribution in [2.45, 2.75) is 0 Å². The molecule has 0 aliphatic carbocycles. The van der Waals surface area contributed by atoms with Crippen LogP contribution in [0, 0.1) is 0 Å². The van der Waals surface area contributed by atoms with E-state index in [1.54, 1.807) is 48.7 Å². The fourth-order valence-corrected chi connectivity index (χ4v) is 2.15. The molecule has 1 heterocycles. The van der Waals surface area contributed by atoms with E-state index in [1.807, 2.05) is 0 Å². The van der Waals surface area contributed by atoms with Gasteiger partial charge in [-0.3, -0.25) is 4.79 Å². The molecule has 0 aromatic heterocycles. The smallest absolute Gasteiger partial charge is 0.275 e. The lowest BCUT2D eigenvalue weighted by Gasteiger charge is -2.20. The molecule has 0 saturated heterocycles. The zero-order valence-corrected chi connectivity index (χ0v) is 12.3. The number of hydrogen-bond donors (Lipinski definition) is 1. The molecular formula is C16H13ClN2O3. The fraction of sp³-hybridized carbons (Fsp3) is 0.125. The third-order valence-electron chi connectivity index (χ3n) is 3.06. The Balaban J connectivity index is 1.71. The van der Waals surface area contributed by atoms with Gasteiger partial charge in [0.05, 0.1) is 11.8 Å². The average Bonchev–Trinajstić information content (AvgIpc) is 2.56. The first kappa shape index (κ1) is 14.4. The summed E-state index contributed by atoms with van der Waals surface area (Å²) in [5.41, 5.74) is 3.70. The van der Waals surface area contributed by atoms with Gasteiger partial charge in [0.15, 0.2) is 11.5 Å². The average molecular weight is 317 g/mol. The first-order valence-corrected chi connectivity index (χ1v) is 7.09. The monoisotopic (exact) mass is 316 g/mol. The molecular weight excluding hydrogens is 304 g/mol. The standard InChI is InChI=1S/C16H13ClN2O3/c17-12-6-4-11(5-7-12)10-18-19-16(20)13-2-1-3-14-15(13)22-9-8-21-14/h1-7,10H,8-9H2,(H,19,20)/b18-10+. The highest BCUT2D eigenvalue weighted by Gasteiger charge is 2.19. The lowest BCUT2D eigenvalue weighted by atomic mass is 10.1. The van der Waals surface area contributed by atoms with Crippen LogP contribution >= 0.6 is 11.6 Å². The predicted molar refractivity (Wildman–Crippen MR) is 83.9 cm³/mol. The molecule has 0 atom stereocenters. The molecule has 112 valence electrons. The largest absolute Gasteiger partial charge is 0.486 e. The summed E-state index contributed by atoms with van der Waals surface area (Å²) in [6.07, 6.45) is 1.54. The second kappa shape index (κ2) is 6.49. The lowest BCUT2D eigenvalue weighted by Crippen LogP contribution is -2.22. The maximum atomic E-state index is 12.2. The third-order valence-corrected chi connectivity index (χ3v) is 3.31. The van der Waals surface area contributed by atoms with Gasteiger partial charge in [-0.25, -0.2) is 5.43 Å². The lowest BCUT2D eigenvalue weighted by molar-refractivity contribution is 0.0944. The molecule has 0 radical (unpaired) electrons. The summed E-state index contributed by atoms with van der Waals surface area (Å²) in [5.74, 6) is 0.668. The number of ether oxygens (including phenoxy) is 2. The van der Waals surface area contributed by atoms with E-state index in [0.717, 1.165) is 5.56 Å². The van der Waals surface area contributed by atoms with E-state index in [1.165, 1.54) is 0 Å². The zero-order valence-electron chi connectivity index (χ0n) is 11.6. The highest BCUT2D eigenvalue weighted by atomic mass is 35.5. The topological polar surface area (TPSA) is 59.9 Å². The Morgan fingerprint density at radius 1 is 1.14 bits per heavy atom. The molecule has 3 rings (SSSR count). The normalized spacial score (nSPS) is 13.1. The Hall–Kier alpha value is -2.53. The Bertz CT molecular complexity index is 714. The minimum atomic E-state index is -0.354. The van der Waals surface area contributed by atoms with Crippen LogP contribution in [0.25, 0.3) is 0 Å². The van der Waals surface area contributed by atoms with E-state index in [9.17, 15) is 4.79 Å². The van der Waals surface area contributed by atoms with Gasteiger partial charge in [0.25, 0.3) is 5.91 Å². The summed E-state index contributed by atoms with van der Waals surface area (Å²) in [6.45, 7) is 0.901. The van der Waals surface area contributed by atoms with E-state index in [0.29, 0.717) is 35.3 Å². The van der Waals surface area contributed by atoms with Gasteiger partial charge in [-0.05, 0) is 29.8 Å². The number of carbonyl (C=O) groups excluding carboxylic acids is 1. The van der Waals surface area contributed by atoms with Crippen LogP contribution in [0.3, 0.4) is 0 Å². The van der Waals surface area contributed by atoms with Crippen molar-refractivity contribution >= 4 is 23.7 Å². The highest BCUT2D eigenvalue weighted by molar-refractivity contribution is 6.30. The number of fused-ring (bicyclic) bond motifs is 1. The van der Waals surface area contributed by atoms with Gasteiger partial charge in [0.1, 0.15) is 13.2 Å². The summed E-state index contributed by atoms with van der Waals surface area (Å²) in [6, 6.07) is 12.3. The molecule has 0 bridgehead atoms. The molecule has 1 amide bonds. The number of nitrogens with one attached hydrogen (secondary N) is 1. The highest BCUT2D eigenvalue weighted by Crippen LogP contribution is 2.33. The summed E-state index contributed by atoms with van der Waals surface area (Å²) < 4.78 is 10.9. The molecule has 0 saturated carbocycles. The predicted octanol–water partition coefficient (Wildman–Crippen LogP) is 2.88. The van der Waals surface area contributed by atoms with Crippen molar-refractivity contribution in [2.75, 3.05) is 13.2 Å². The number of carbonyl (C=O) groups is 1. The second-order valence-corrected chi connectivity index (χ2v) is 5.02. The van der Waals surface area contributed by atoms with Crippen molar-refractivity contribution in [2.24, 2.45) is 5.10 Å². The number of para-hydroxylation sites is 1. The molecule has 22 heavy (non-hydrogen) atoms. The number of amides is 1. The van der Waals surface area contributed by atoms with Crippen LogP contribution in [-0.4, -0.2) is 25.3 Å². The van der Waals surface area contributed by atoms with Crippen LogP contribution in [0.15, 0.2) is 47.6 Å². The van der Waals surface area contributed by atoms with E-state index in [2.05, 4.69) is 10.5 Å². The van der Waals surface area contributed by atoms with Gasteiger partial charge in [0.2, 0.25) is 0 Å². The first-order chi connectivity index (χ1) is 10.7. The minimum absolute atomic E-state index is 0.354. The first-order valence-electron chi connectivity index (χ1n) is 6.71. The number of benzene rings is 2. The number of hydrogen-bond acceptors (Lipinski definition) is 4. The Morgan fingerprint density at radius 3 is 2.73 bits per heavy atom. The van der Waals surface area contributed by atoms with Gasteiger partial charge >= 0.3 is 0 Å². The summed E-state index contributed by atoms with van der Waals surface area (Å²) >= 11 is 5.80.